The van der Waals surface area contributed by atoms with E-state index in [0.29, 0.717) is 13.0 Å². The van der Waals surface area contributed by atoms with Crippen molar-refractivity contribution in [3.05, 3.63) is 36.5 Å². The first-order valence-electron chi connectivity index (χ1n) is 5.66. The second-order valence-corrected chi connectivity index (χ2v) is 3.86. The van der Waals surface area contributed by atoms with Crippen molar-refractivity contribution in [2.45, 2.75) is 12.5 Å². The van der Waals surface area contributed by atoms with Gasteiger partial charge in [-0.2, -0.15) is 0 Å². The summed E-state index contributed by atoms with van der Waals surface area (Å²) in [5.41, 5.74) is 6.17. The average Bonchev–Trinajstić information content (AvgIpc) is 2.39. The van der Waals surface area contributed by atoms with Crippen molar-refractivity contribution in [1.82, 2.24) is 4.98 Å². The van der Waals surface area contributed by atoms with Crippen LogP contribution in [0.15, 0.2) is 36.5 Å². The maximum atomic E-state index is 9.33. The molecule has 0 saturated heterocycles. The highest BCUT2D eigenvalue weighted by Gasteiger charge is 2.04. The van der Waals surface area contributed by atoms with E-state index in [1.807, 2.05) is 30.3 Å². The lowest BCUT2D eigenvalue weighted by Gasteiger charge is -2.10. The van der Waals surface area contributed by atoms with Crippen LogP contribution in [0, 0.1) is 0 Å². The quantitative estimate of drug-likeness (QED) is 0.816. The standard InChI is InChI=1S/C13H16N2O2/c14-9-11(16)6-8-17-12-5-1-3-10-4-2-7-15-13(10)12/h1-5,7,11,16H,6,8-9,14H2. The number of nitrogens with zero attached hydrogens (tertiary/aromatic N) is 1. The molecule has 2 rings (SSSR count). The smallest absolute Gasteiger partial charge is 0.145 e. The molecular formula is C13H16N2O2. The fraction of sp³-hybridized carbons (Fsp3) is 0.308. The zero-order valence-electron chi connectivity index (χ0n) is 9.54. The van der Waals surface area contributed by atoms with Gasteiger partial charge in [-0.25, -0.2) is 0 Å². The van der Waals surface area contributed by atoms with Crippen molar-refractivity contribution >= 4 is 10.9 Å². The fourth-order valence-electron chi connectivity index (χ4n) is 1.62. The van der Waals surface area contributed by atoms with E-state index in [1.54, 1.807) is 6.20 Å². The molecule has 0 bridgehead atoms. The number of ether oxygens (including phenoxy) is 1. The van der Waals surface area contributed by atoms with E-state index >= 15 is 0 Å². The van der Waals surface area contributed by atoms with Gasteiger partial charge in [0.05, 0.1) is 12.7 Å². The number of rotatable bonds is 5. The van der Waals surface area contributed by atoms with Crippen LogP contribution in [-0.4, -0.2) is 29.3 Å². The predicted octanol–water partition coefficient (Wildman–Crippen LogP) is 1.32. The van der Waals surface area contributed by atoms with E-state index in [4.69, 9.17) is 10.5 Å². The van der Waals surface area contributed by atoms with Gasteiger partial charge in [0.1, 0.15) is 11.3 Å². The highest BCUT2D eigenvalue weighted by molar-refractivity contribution is 5.84. The van der Waals surface area contributed by atoms with E-state index in [9.17, 15) is 5.11 Å². The third kappa shape index (κ3) is 2.93. The molecule has 1 unspecified atom stereocenters. The van der Waals surface area contributed by atoms with Crippen molar-refractivity contribution in [1.29, 1.82) is 0 Å². The Bertz CT molecular complexity index is 482. The molecule has 90 valence electrons. The SMILES string of the molecule is NCC(O)CCOc1cccc2cccnc12. The summed E-state index contributed by atoms with van der Waals surface area (Å²) in [6.07, 6.45) is 1.77. The number of para-hydroxylation sites is 1. The first-order chi connectivity index (χ1) is 8.31. The minimum Gasteiger partial charge on any atom is -0.491 e. The molecule has 0 radical (unpaired) electrons. The van der Waals surface area contributed by atoms with Crippen LogP contribution < -0.4 is 10.5 Å². The predicted molar refractivity (Wildman–Crippen MR) is 66.9 cm³/mol. The molecule has 17 heavy (non-hydrogen) atoms. The number of fused-ring (bicyclic) bond motifs is 1. The zero-order chi connectivity index (χ0) is 12.1. The first-order valence-corrected chi connectivity index (χ1v) is 5.66. The summed E-state index contributed by atoms with van der Waals surface area (Å²) < 4.78 is 5.61. The molecule has 0 aliphatic heterocycles. The maximum Gasteiger partial charge on any atom is 0.145 e. The largest absolute Gasteiger partial charge is 0.491 e. The summed E-state index contributed by atoms with van der Waals surface area (Å²) in [4.78, 5) is 4.29. The van der Waals surface area contributed by atoms with Gasteiger partial charge in [-0.05, 0) is 12.1 Å². The minimum atomic E-state index is -0.502. The summed E-state index contributed by atoms with van der Waals surface area (Å²) in [6, 6.07) is 9.68. The van der Waals surface area contributed by atoms with Crippen molar-refractivity contribution in [3.8, 4) is 5.75 Å². The van der Waals surface area contributed by atoms with Gasteiger partial charge in [-0.3, -0.25) is 4.98 Å². The number of pyridine rings is 1. The zero-order valence-corrected chi connectivity index (χ0v) is 9.54. The van der Waals surface area contributed by atoms with Crippen LogP contribution in [-0.2, 0) is 0 Å². The number of aromatic nitrogens is 1. The molecule has 0 saturated carbocycles. The number of aliphatic hydroxyl groups excluding tert-OH is 1. The Morgan fingerprint density at radius 1 is 1.29 bits per heavy atom. The molecule has 2 aromatic rings. The van der Waals surface area contributed by atoms with Crippen LogP contribution in [0.25, 0.3) is 10.9 Å². The molecule has 0 fully saturated rings. The number of aliphatic hydroxyl groups is 1. The highest BCUT2D eigenvalue weighted by Crippen LogP contribution is 2.22. The molecule has 1 heterocycles. The Labute approximate surface area is 100 Å². The minimum absolute atomic E-state index is 0.261. The van der Waals surface area contributed by atoms with Gasteiger partial charge in [0.25, 0.3) is 0 Å². The molecule has 4 nitrogen and oxygen atoms in total. The van der Waals surface area contributed by atoms with Crippen LogP contribution in [0.5, 0.6) is 5.75 Å². The normalized spacial score (nSPS) is 12.6. The number of hydrogen-bond acceptors (Lipinski definition) is 4. The summed E-state index contributed by atoms with van der Waals surface area (Å²) in [6.45, 7) is 0.700. The molecule has 3 N–H and O–H groups in total. The van der Waals surface area contributed by atoms with Gasteiger partial charge in [0.2, 0.25) is 0 Å². The van der Waals surface area contributed by atoms with Crippen molar-refractivity contribution < 1.29 is 9.84 Å². The van der Waals surface area contributed by atoms with Gasteiger partial charge >= 0.3 is 0 Å². The Kier molecular flexibility index (Phi) is 3.90. The second-order valence-electron chi connectivity index (χ2n) is 3.86. The maximum absolute atomic E-state index is 9.33. The van der Waals surface area contributed by atoms with E-state index in [1.165, 1.54) is 0 Å². The first kappa shape index (κ1) is 11.8. The molecule has 0 amide bonds. The van der Waals surface area contributed by atoms with Gasteiger partial charge in [0, 0.05) is 24.5 Å². The third-order valence-electron chi connectivity index (χ3n) is 2.58. The van der Waals surface area contributed by atoms with Crippen molar-refractivity contribution in [3.63, 3.8) is 0 Å². The van der Waals surface area contributed by atoms with Gasteiger partial charge < -0.3 is 15.6 Å². The Hall–Kier alpha value is -1.65. The molecular weight excluding hydrogens is 216 g/mol. The van der Waals surface area contributed by atoms with E-state index in [2.05, 4.69) is 4.98 Å². The monoisotopic (exact) mass is 232 g/mol. The molecule has 0 aliphatic rings. The number of benzene rings is 1. The lowest BCUT2D eigenvalue weighted by atomic mass is 10.2. The van der Waals surface area contributed by atoms with Crippen molar-refractivity contribution in [2.24, 2.45) is 5.73 Å². The van der Waals surface area contributed by atoms with E-state index in [0.717, 1.165) is 16.7 Å². The molecule has 4 heteroatoms. The fourth-order valence-corrected chi connectivity index (χ4v) is 1.62. The highest BCUT2D eigenvalue weighted by atomic mass is 16.5. The van der Waals surface area contributed by atoms with Crippen LogP contribution in [0.1, 0.15) is 6.42 Å². The Balaban J connectivity index is 2.08. The number of hydrogen-bond donors (Lipinski definition) is 2. The van der Waals surface area contributed by atoms with Crippen LogP contribution in [0.3, 0.4) is 0 Å². The van der Waals surface area contributed by atoms with Gasteiger partial charge in [-0.1, -0.05) is 18.2 Å². The molecule has 0 aliphatic carbocycles. The molecule has 1 aromatic carbocycles. The van der Waals surface area contributed by atoms with E-state index < -0.39 is 6.10 Å². The summed E-state index contributed by atoms with van der Waals surface area (Å²) in [7, 11) is 0. The molecule has 1 aromatic heterocycles. The van der Waals surface area contributed by atoms with Crippen LogP contribution in [0.4, 0.5) is 0 Å². The summed E-state index contributed by atoms with van der Waals surface area (Å²) in [5, 5.41) is 10.4. The second kappa shape index (κ2) is 5.61. The topological polar surface area (TPSA) is 68.4 Å². The third-order valence-corrected chi connectivity index (χ3v) is 2.58. The van der Waals surface area contributed by atoms with Crippen LogP contribution >= 0.6 is 0 Å². The lowest BCUT2D eigenvalue weighted by Crippen LogP contribution is -2.22. The average molecular weight is 232 g/mol. The molecule has 1 atom stereocenters. The van der Waals surface area contributed by atoms with Crippen LogP contribution in [0.2, 0.25) is 0 Å². The molecule has 0 spiro atoms. The summed E-state index contributed by atoms with van der Waals surface area (Å²) in [5.74, 6) is 0.743. The van der Waals surface area contributed by atoms with Gasteiger partial charge in [0.15, 0.2) is 0 Å². The van der Waals surface area contributed by atoms with Crippen molar-refractivity contribution in [2.75, 3.05) is 13.2 Å². The Morgan fingerprint density at radius 3 is 2.94 bits per heavy atom. The van der Waals surface area contributed by atoms with E-state index in [-0.39, 0.29) is 6.54 Å². The summed E-state index contributed by atoms with van der Waals surface area (Å²) >= 11 is 0. The Morgan fingerprint density at radius 2 is 2.12 bits per heavy atom. The lowest BCUT2D eigenvalue weighted by molar-refractivity contribution is 0.146. The number of nitrogens with two attached hydrogens (primary N) is 1. The van der Waals surface area contributed by atoms with Gasteiger partial charge in [-0.15, -0.1) is 0 Å².